The van der Waals surface area contributed by atoms with E-state index in [0.717, 1.165) is 17.7 Å². The maximum Gasteiger partial charge on any atom is 0.122 e. The summed E-state index contributed by atoms with van der Waals surface area (Å²) in [5.41, 5.74) is 0.979. The maximum absolute atomic E-state index is 6.01. The van der Waals surface area contributed by atoms with Crippen LogP contribution in [-0.4, -0.2) is 6.61 Å². The summed E-state index contributed by atoms with van der Waals surface area (Å²) in [5, 5.41) is 1.36. The standard InChI is InChI=1S/C10H12Cl2O/c1-3-8-9(11)5-7(13-4-2)6-10(8)12/h5-6H,3-4H2,1-2H3. The average Bonchev–Trinajstić information content (AvgIpc) is 2.04. The first-order valence-corrected chi connectivity index (χ1v) is 5.05. The predicted octanol–water partition coefficient (Wildman–Crippen LogP) is 3.95. The minimum atomic E-state index is 0.623. The van der Waals surface area contributed by atoms with Gasteiger partial charge in [0.15, 0.2) is 0 Å². The highest BCUT2D eigenvalue weighted by Gasteiger charge is 2.06. The number of rotatable bonds is 3. The molecule has 0 aliphatic heterocycles. The van der Waals surface area contributed by atoms with Crippen molar-refractivity contribution in [3.05, 3.63) is 27.7 Å². The molecule has 0 radical (unpaired) electrons. The van der Waals surface area contributed by atoms with Gasteiger partial charge >= 0.3 is 0 Å². The van der Waals surface area contributed by atoms with Gasteiger partial charge in [-0.15, -0.1) is 0 Å². The molecule has 0 unspecified atom stereocenters. The van der Waals surface area contributed by atoms with Gasteiger partial charge in [0.05, 0.1) is 6.61 Å². The number of halogens is 2. The highest BCUT2D eigenvalue weighted by molar-refractivity contribution is 6.36. The summed E-state index contributed by atoms with van der Waals surface area (Å²) >= 11 is 12.0. The Hall–Kier alpha value is -0.400. The lowest BCUT2D eigenvalue weighted by Crippen LogP contribution is -1.93. The monoisotopic (exact) mass is 218 g/mol. The van der Waals surface area contributed by atoms with E-state index in [1.165, 1.54) is 0 Å². The molecule has 0 atom stereocenters. The molecule has 13 heavy (non-hydrogen) atoms. The van der Waals surface area contributed by atoms with Gasteiger partial charge in [-0.3, -0.25) is 0 Å². The molecule has 1 rings (SSSR count). The van der Waals surface area contributed by atoms with E-state index in [1.807, 2.05) is 13.8 Å². The lowest BCUT2D eigenvalue weighted by Gasteiger charge is -2.08. The van der Waals surface area contributed by atoms with Gasteiger partial charge < -0.3 is 4.74 Å². The third-order valence-electron chi connectivity index (χ3n) is 1.78. The lowest BCUT2D eigenvalue weighted by molar-refractivity contribution is 0.340. The van der Waals surface area contributed by atoms with Crippen molar-refractivity contribution >= 4 is 23.2 Å². The van der Waals surface area contributed by atoms with Crippen LogP contribution in [0.3, 0.4) is 0 Å². The fraction of sp³-hybridized carbons (Fsp3) is 0.400. The van der Waals surface area contributed by atoms with Gasteiger partial charge in [0.1, 0.15) is 5.75 Å². The molecule has 0 aliphatic rings. The summed E-state index contributed by atoms with van der Waals surface area (Å²) in [4.78, 5) is 0. The van der Waals surface area contributed by atoms with Crippen molar-refractivity contribution in [2.24, 2.45) is 0 Å². The fourth-order valence-electron chi connectivity index (χ4n) is 1.17. The van der Waals surface area contributed by atoms with Crippen molar-refractivity contribution in [2.45, 2.75) is 20.3 Å². The minimum Gasteiger partial charge on any atom is -0.494 e. The molecule has 72 valence electrons. The Morgan fingerprint density at radius 1 is 1.15 bits per heavy atom. The first kappa shape index (κ1) is 10.7. The second-order valence-electron chi connectivity index (χ2n) is 2.65. The highest BCUT2D eigenvalue weighted by Crippen LogP contribution is 2.30. The predicted molar refractivity (Wildman–Crippen MR) is 57.0 cm³/mol. The van der Waals surface area contributed by atoms with Crippen molar-refractivity contribution in [2.75, 3.05) is 6.61 Å². The van der Waals surface area contributed by atoms with E-state index in [4.69, 9.17) is 27.9 Å². The third-order valence-corrected chi connectivity index (χ3v) is 2.45. The zero-order valence-corrected chi connectivity index (χ0v) is 9.24. The quantitative estimate of drug-likeness (QED) is 0.747. The molecule has 0 N–H and O–H groups in total. The van der Waals surface area contributed by atoms with Crippen molar-refractivity contribution in [3.63, 3.8) is 0 Å². The van der Waals surface area contributed by atoms with Crippen molar-refractivity contribution in [1.29, 1.82) is 0 Å². The summed E-state index contributed by atoms with van der Waals surface area (Å²) in [6, 6.07) is 3.60. The summed E-state index contributed by atoms with van der Waals surface area (Å²) in [5.74, 6) is 0.731. The smallest absolute Gasteiger partial charge is 0.122 e. The highest BCUT2D eigenvalue weighted by atomic mass is 35.5. The summed E-state index contributed by atoms with van der Waals surface area (Å²) in [6.07, 6.45) is 0.837. The summed E-state index contributed by atoms with van der Waals surface area (Å²) in [6.45, 7) is 4.57. The molecule has 0 bridgehead atoms. The van der Waals surface area contributed by atoms with E-state index in [9.17, 15) is 0 Å². The van der Waals surface area contributed by atoms with Crippen LogP contribution in [0.15, 0.2) is 12.1 Å². The van der Waals surface area contributed by atoms with Gasteiger partial charge in [0.2, 0.25) is 0 Å². The van der Waals surface area contributed by atoms with E-state index < -0.39 is 0 Å². The van der Waals surface area contributed by atoms with Crippen LogP contribution in [-0.2, 0) is 6.42 Å². The molecule has 0 amide bonds. The zero-order chi connectivity index (χ0) is 9.84. The fourth-order valence-corrected chi connectivity index (χ4v) is 1.90. The molecule has 3 heteroatoms. The Bertz CT molecular complexity index is 274. The maximum atomic E-state index is 6.01. The Kier molecular flexibility index (Phi) is 3.89. The van der Waals surface area contributed by atoms with Crippen LogP contribution in [0, 0.1) is 0 Å². The summed E-state index contributed by atoms with van der Waals surface area (Å²) in [7, 11) is 0. The first-order chi connectivity index (χ1) is 6.19. The van der Waals surface area contributed by atoms with Crippen molar-refractivity contribution in [3.8, 4) is 5.75 Å². The van der Waals surface area contributed by atoms with Gasteiger partial charge in [-0.05, 0) is 31.0 Å². The van der Waals surface area contributed by atoms with Gasteiger partial charge in [-0.1, -0.05) is 30.1 Å². The molecule has 0 fully saturated rings. The average molecular weight is 219 g/mol. The SMILES string of the molecule is CCOc1cc(Cl)c(CC)c(Cl)c1. The Labute approximate surface area is 88.6 Å². The van der Waals surface area contributed by atoms with E-state index >= 15 is 0 Å². The van der Waals surface area contributed by atoms with Crippen molar-refractivity contribution < 1.29 is 4.74 Å². The van der Waals surface area contributed by atoms with Crippen LogP contribution in [0.5, 0.6) is 5.75 Å². The lowest BCUT2D eigenvalue weighted by atomic mass is 10.1. The molecule has 1 nitrogen and oxygen atoms in total. The number of ether oxygens (including phenoxy) is 1. The number of hydrogen-bond donors (Lipinski definition) is 0. The molecule has 1 aromatic carbocycles. The third kappa shape index (κ3) is 2.52. The van der Waals surface area contributed by atoms with Crippen LogP contribution in [0.4, 0.5) is 0 Å². The van der Waals surface area contributed by atoms with Gasteiger partial charge in [0, 0.05) is 10.0 Å². The second-order valence-corrected chi connectivity index (χ2v) is 3.47. The molecule has 0 heterocycles. The van der Waals surface area contributed by atoms with Crippen LogP contribution in [0.25, 0.3) is 0 Å². The molecular weight excluding hydrogens is 207 g/mol. The van der Waals surface area contributed by atoms with E-state index in [1.54, 1.807) is 12.1 Å². The minimum absolute atomic E-state index is 0.623. The van der Waals surface area contributed by atoms with Crippen LogP contribution >= 0.6 is 23.2 Å². The van der Waals surface area contributed by atoms with Gasteiger partial charge in [0.25, 0.3) is 0 Å². The van der Waals surface area contributed by atoms with Crippen LogP contribution < -0.4 is 4.74 Å². The Morgan fingerprint density at radius 2 is 1.69 bits per heavy atom. The first-order valence-electron chi connectivity index (χ1n) is 4.29. The van der Waals surface area contributed by atoms with Crippen LogP contribution in [0.1, 0.15) is 19.4 Å². The Morgan fingerprint density at radius 3 is 2.08 bits per heavy atom. The van der Waals surface area contributed by atoms with Gasteiger partial charge in [-0.25, -0.2) is 0 Å². The zero-order valence-electron chi connectivity index (χ0n) is 7.73. The van der Waals surface area contributed by atoms with E-state index in [-0.39, 0.29) is 0 Å². The molecular formula is C10H12Cl2O. The number of hydrogen-bond acceptors (Lipinski definition) is 1. The second kappa shape index (κ2) is 4.73. The van der Waals surface area contributed by atoms with Crippen molar-refractivity contribution in [1.82, 2.24) is 0 Å². The molecule has 0 aromatic heterocycles. The molecule has 0 aliphatic carbocycles. The largest absolute Gasteiger partial charge is 0.494 e. The van der Waals surface area contributed by atoms with Crippen LogP contribution in [0.2, 0.25) is 10.0 Å². The van der Waals surface area contributed by atoms with E-state index in [0.29, 0.717) is 16.7 Å². The normalized spacial score (nSPS) is 10.2. The molecule has 0 saturated heterocycles. The molecule has 0 spiro atoms. The van der Waals surface area contributed by atoms with Gasteiger partial charge in [-0.2, -0.15) is 0 Å². The van der Waals surface area contributed by atoms with E-state index in [2.05, 4.69) is 0 Å². The topological polar surface area (TPSA) is 9.23 Å². The molecule has 1 aromatic rings. The Balaban J connectivity index is 3.05. The molecule has 0 saturated carbocycles. The summed E-state index contributed by atoms with van der Waals surface area (Å²) < 4.78 is 5.30. The number of benzene rings is 1.